The molecule has 0 spiro atoms. The van der Waals surface area contributed by atoms with Gasteiger partial charge in [-0.2, -0.15) is 13.2 Å². The van der Waals surface area contributed by atoms with Gasteiger partial charge in [-0.3, -0.25) is 9.59 Å². The largest absolute Gasteiger partial charge is 0.481 e. The van der Waals surface area contributed by atoms with Crippen LogP contribution < -0.4 is 5.32 Å². The van der Waals surface area contributed by atoms with Crippen LogP contribution in [0.1, 0.15) is 55.9 Å². The van der Waals surface area contributed by atoms with E-state index in [2.05, 4.69) is 5.32 Å². The fourth-order valence-electron chi connectivity index (χ4n) is 5.63. The summed E-state index contributed by atoms with van der Waals surface area (Å²) < 4.78 is 67.1. The molecule has 1 fully saturated rings. The third-order valence-corrected chi connectivity index (χ3v) is 10.4. The van der Waals surface area contributed by atoms with E-state index in [1.54, 1.807) is 45.0 Å². The van der Waals surface area contributed by atoms with Gasteiger partial charge in [0.1, 0.15) is 5.75 Å². The average molecular weight is 609 g/mol. The van der Waals surface area contributed by atoms with Gasteiger partial charge >= 0.3 is 12.1 Å². The molecule has 1 heterocycles. The highest BCUT2D eigenvalue weighted by Gasteiger charge is 2.52. The molecule has 1 aliphatic heterocycles. The molecule has 12 heteroatoms. The van der Waals surface area contributed by atoms with E-state index in [1.165, 1.54) is 24.3 Å². The minimum absolute atomic E-state index is 0.143. The first kappa shape index (κ1) is 31.2. The van der Waals surface area contributed by atoms with Gasteiger partial charge in [-0.1, -0.05) is 68.2 Å². The van der Waals surface area contributed by atoms with Crippen LogP contribution in [0.2, 0.25) is 10.0 Å². The normalized spacial score (nSPS) is 22.2. The molecular formula is C27H30Cl2F3NO5S. The molecule has 0 radical (unpaired) electrons. The molecule has 5 atom stereocenters. The maximum Gasteiger partial charge on any atom is 0.402 e. The lowest BCUT2D eigenvalue weighted by Crippen LogP contribution is -2.55. The summed E-state index contributed by atoms with van der Waals surface area (Å²) in [5.41, 5.74) is -0.496. The molecule has 3 rings (SSSR count). The number of carboxylic acids is 1. The molecule has 214 valence electrons. The van der Waals surface area contributed by atoms with Gasteiger partial charge in [0.2, 0.25) is 5.91 Å². The summed E-state index contributed by atoms with van der Waals surface area (Å²) in [4.78, 5) is 24.4. The maximum atomic E-state index is 13.4. The van der Waals surface area contributed by atoms with Gasteiger partial charge in [0.15, 0.2) is 9.84 Å². The first-order chi connectivity index (χ1) is 17.9. The Morgan fingerprint density at radius 3 is 2.26 bits per heavy atom. The number of nitrogens with one attached hydrogen (secondary N) is 1. The molecule has 39 heavy (non-hydrogen) atoms. The van der Waals surface area contributed by atoms with Crippen molar-refractivity contribution in [2.75, 3.05) is 5.75 Å². The number of hydrogen-bond acceptors (Lipinski definition) is 4. The molecular weight excluding hydrogens is 578 g/mol. The molecule has 1 unspecified atom stereocenters. The van der Waals surface area contributed by atoms with E-state index in [-0.39, 0.29) is 12.0 Å². The van der Waals surface area contributed by atoms with Crippen LogP contribution >= 0.6 is 23.2 Å². The number of sulfone groups is 1. The Kier molecular flexibility index (Phi) is 9.34. The van der Waals surface area contributed by atoms with Crippen LogP contribution in [0, 0.1) is 17.3 Å². The van der Waals surface area contributed by atoms with E-state index in [0.29, 0.717) is 15.6 Å². The summed E-state index contributed by atoms with van der Waals surface area (Å²) in [5.74, 6) is -5.69. The zero-order valence-electron chi connectivity index (χ0n) is 21.5. The maximum absolute atomic E-state index is 13.4. The van der Waals surface area contributed by atoms with Gasteiger partial charge in [0.05, 0.1) is 11.7 Å². The number of amides is 1. The molecule has 2 aromatic carbocycles. The minimum Gasteiger partial charge on any atom is -0.481 e. The first-order valence-electron chi connectivity index (χ1n) is 12.2. The monoisotopic (exact) mass is 607 g/mol. The van der Waals surface area contributed by atoms with Crippen molar-refractivity contribution in [1.82, 2.24) is 5.32 Å². The van der Waals surface area contributed by atoms with E-state index < -0.39 is 74.5 Å². The van der Waals surface area contributed by atoms with Gasteiger partial charge < -0.3 is 10.4 Å². The summed E-state index contributed by atoms with van der Waals surface area (Å²) in [6.07, 6.45) is -5.22. The Morgan fingerprint density at radius 2 is 1.72 bits per heavy atom. The first-order valence-corrected chi connectivity index (χ1v) is 14.7. The smallest absolute Gasteiger partial charge is 0.402 e. The fourth-order valence-corrected chi connectivity index (χ4v) is 8.29. The minimum atomic E-state index is -4.96. The van der Waals surface area contributed by atoms with E-state index in [9.17, 15) is 36.3 Å². The van der Waals surface area contributed by atoms with E-state index in [1.807, 2.05) is 0 Å². The van der Waals surface area contributed by atoms with E-state index in [0.717, 1.165) is 0 Å². The molecule has 0 aliphatic carbocycles. The molecule has 0 bridgehead atoms. The number of rotatable bonds is 9. The number of carbonyl (C=O) groups is 2. The van der Waals surface area contributed by atoms with Crippen LogP contribution in [0.15, 0.2) is 48.5 Å². The Morgan fingerprint density at radius 1 is 1.10 bits per heavy atom. The predicted molar refractivity (Wildman–Crippen MR) is 143 cm³/mol. The van der Waals surface area contributed by atoms with Crippen molar-refractivity contribution in [1.29, 1.82) is 0 Å². The molecule has 0 saturated carbocycles. The number of carbonyl (C=O) groups excluding carboxylic acids is 1. The number of piperidine rings is 1. The molecule has 2 aromatic rings. The van der Waals surface area contributed by atoms with Crippen LogP contribution in [0.25, 0.3) is 0 Å². The van der Waals surface area contributed by atoms with Crippen molar-refractivity contribution in [3.8, 4) is 0 Å². The Labute approximate surface area is 235 Å². The zero-order valence-corrected chi connectivity index (χ0v) is 23.8. The molecule has 1 amide bonds. The van der Waals surface area contributed by atoms with Crippen molar-refractivity contribution in [3.05, 3.63) is 69.7 Å². The number of benzene rings is 2. The summed E-state index contributed by atoms with van der Waals surface area (Å²) >= 11 is 12.2. The van der Waals surface area contributed by atoms with Gasteiger partial charge in [-0.05, 0) is 53.1 Å². The summed E-state index contributed by atoms with van der Waals surface area (Å²) in [6, 6.07) is 11.7. The lowest BCUT2D eigenvalue weighted by Gasteiger charge is -2.48. The summed E-state index contributed by atoms with van der Waals surface area (Å²) in [6.45, 7) is 4.82. The van der Waals surface area contributed by atoms with Crippen LogP contribution in [0.4, 0.5) is 13.2 Å². The highest BCUT2D eigenvalue weighted by molar-refractivity contribution is 7.91. The van der Waals surface area contributed by atoms with Crippen molar-refractivity contribution >= 4 is 44.9 Å². The highest BCUT2D eigenvalue weighted by atomic mass is 35.5. The zero-order chi connectivity index (χ0) is 29.3. The number of halogens is 5. The average Bonchev–Trinajstić information content (AvgIpc) is 2.79. The number of hydrogen-bond donors (Lipinski definition) is 2. The third-order valence-electron chi connectivity index (χ3n) is 7.63. The predicted octanol–water partition coefficient (Wildman–Crippen LogP) is 6.44. The van der Waals surface area contributed by atoms with Crippen molar-refractivity contribution in [2.24, 2.45) is 17.3 Å². The second-order valence-electron chi connectivity index (χ2n) is 10.7. The van der Waals surface area contributed by atoms with Crippen LogP contribution in [-0.2, 0) is 19.4 Å². The number of alkyl halides is 3. The Bertz CT molecular complexity index is 1320. The fraction of sp³-hybridized carbons (Fsp3) is 0.481. The van der Waals surface area contributed by atoms with E-state index in [4.69, 9.17) is 23.2 Å². The van der Waals surface area contributed by atoms with Crippen molar-refractivity contribution in [2.45, 2.75) is 57.0 Å². The molecule has 0 aromatic heterocycles. The van der Waals surface area contributed by atoms with Crippen molar-refractivity contribution < 1.29 is 36.3 Å². The van der Waals surface area contributed by atoms with E-state index >= 15 is 0 Å². The lowest BCUT2D eigenvalue weighted by molar-refractivity contribution is -0.143. The molecule has 6 nitrogen and oxygen atoms in total. The highest BCUT2D eigenvalue weighted by Crippen LogP contribution is 2.51. The van der Waals surface area contributed by atoms with Crippen LogP contribution in [0.5, 0.6) is 0 Å². The quantitative estimate of drug-likeness (QED) is 0.342. The number of carboxylic acid groups (broad SMARTS) is 1. The third kappa shape index (κ3) is 7.46. The van der Waals surface area contributed by atoms with Gasteiger partial charge in [0, 0.05) is 27.9 Å². The Balaban J connectivity index is 2.12. The lowest BCUT2D eigenvalue weighted by atomic mass is 9.65. The molecule has 2 N–H and O–H groups in total. The second kappa shape index (κ2) is 11.7. The van der Waals surface area contributed by atoms with Crippen LogP contribution in [0.3, 0.4) is 0 Å². The number of aliphatic carboxylic acids is 1. The van der Waals surface area contributed by atoms with Crippen LogP contribution in [-0.4, -0.2) is 43.4 Å². The van der Waals surface area contributed by atoms with Gasteiger partial charge in [-0.15, -0.1) is 0 Å². The second-order valence-corrected chi connectivity index (χ2v) is 13.6. The molecule has 1 saturated heterocycles. The van der Waals surface area contributed by atoms with Gasteiger partial charge in [-0.25, -0.2) is 8.42 Å². The SMILES string of the molecule is CC([C@@H]1NC(=O)[C@@H](CC(=O)O)C[C@@H]1c1cccc(Cl)c1)C(C)(C)[C@@H](c1ccc(Cl)cc1)S(=O)(=O)CC(F)(F)F. The topological polar surface area (TPSA) is 101 Å². The Hall–Kier alpha value is -2.30. The summed E-state index contributed by atoms with van der Waals surface area (Å²) in [5, 5.41) is 11.3. The van der Waals surface area contributed by atoms with Crippen molar-refractivity contribution in [3.63, 3.8) is 0 Å². The summed E-state index contributed by atoms with van der Waals surface area (Å²) in [7, 11) is -4.80. The molecule has 1 aliphatic rings. The van der Waals surface area contributed by atoms with Gasteiger partial charge in [0.25, 0.3) is 0 Å². The standard InChI is InChI=1S/C27H30Cl2F3NO5S/c1-15(23-21(17-5-4-6-20(29)11-17)12-18(13-22(34)35)25(36)33-23)26(2,3)24(16-7-9-19(28)10-8-16)39(37,38)14-27(30,31)32/h4-11,15,18,21,23-24H,12-14H2,1-3H3,(H,33,36)(H,34,35)/t15?,18-,21-,23+,24-/m1/s1.